The molecule has 1 N–H and O–H groups in total. The highest BCUT2D eigenvalue weighted by Crippen LogP contribution is 2.38. The zero-order valence-electron chi connectivity index (χ0n) is 14.8. The van der Waals surface area contributed by atoms with Gasteiger partial charge in [0.25, 0.3) is 5.91 Å². The molecule has 2 heterocycles. The Morgan fingerprint density at radius 2 is 2.04 bits per heavy atom. The van der Waals surface area contributed by atoms with Crippen molar-refractivity contribution < 1.29 is 14.4 Å². The minimum atomic E-state index is -0.808. The molecule has 3 amide bonds. The zero-order chi connectivity index (χ0) is 17.6. The number of urea groups is 1. The van der Waals surface area contributed by atoms with Gasteiger partial charge in [-0.3, -0.25) is 14.5 Å². The number of ketones is 1. The maximum atomic E-state index is 12.9. The van der Waals surface area contributed by atoms with Crippen molar-refractivity contribution in [2.75, 3.05) is 6.54 Å². The molecule has 1 spiro atoms. The van der Waals surface area contributed by atoms with Crippen LogP contribution in [0, 0.1) is 19.8 Å². The average Bonchev–Trinajstić information content (AvgIpc) is 2.93. The fourth-order valence-corrected chi connectivity index (χ4v) is 4.01. The number of aryl methyl sites for hydroxylation is 1. The van der Waals surface area contributed by atoms with Crippen LogP contribution in [-0.4, -0.2) is 39.3 Å². The van der Waals surface area contributed by atoms with E-state index in [4.69, 9.17) is 0 Å². The summed E-state index contributed by atoms with van der Waals surface area (Å²) in [5.74, 6) is -0.331. The van der Waals surface area contributed by atoms with E-state index in [1.807, 2.05) is 38.5 Å². The molecule has 1 aromatic heterocycles. The number of imide groups is 1. The highest BCUT2D eigenvalue weighted by molar-refractivity contribution is 6.11. The molecule has 0 aromatic carbocycles. The lowest BCUT2D eigenvalue weighted by molar-refractivity contribution is -0.133. The van der Waals surface area contributed by atoms with Crippen LogP contribution in [0.4, 0.5) is 4.79 Å². The lowest BCUT2D eigenvalue weighted by atomic mass is 9.73. The molecule has 3 rings (SSSR count). The molecule has 1 aliphatic heterocycles. The number of nitrogens with zero attached hydrogens (tertiary/aromatic N) is 2. The highest BCUT2D eigenvalue weighted by Gasteiger charge is 2.55. The van der Waals surface area contributed by atoms with Gasteiger partial charge in [-0.15, -0.1) is 0 Å². The second kappa shape index (κ2) is 5.76. The van der Waals surface area contributed by atoms with Crippen molar-refractivity contribution in [3.8, 4) is 0 Å². The Hall–Kier alpha value is -2.11. The van der Waals surface area contributed by atoms with E-state index in [0.717, 1.165) is 35.6 Å². The van der Waals surface area contributed by atoms with Gasteiger partial charge < -0.3 is 9.88 Å². The number of aromatic nitrogens is 1. The smallest absolute Gasteiger partial charge is 0.325 e. The maximum absolute atomic E-state index is 12.9. The molecular weight excluding hydrogens is 306 g/mol. The fraction of sp³-hybridized carbons (Fsp3) is 0.611. The van der Waals surface area contributed by atoms with E-state index in [2.05, 4.69) is 5.32 Å². The van der Waals surface area contributed by atoms with Gasteiger partial charge in [0.1, 0.15) is 5.54 Å². The monoisotopic (exact) mass is 331 g/mol. The molecule has 2 aliphatic rings. The van der Waals surface area contributed by atoms with Gasteiger partial charge in [0.2, 0.25) is 0 Å². The lowest BCUT2D eigenvalue weighted by Crippen LogP contribution is -2.54. The van der Waals surface area contributed by atoms with Crippen LogP contribution in [0.2, 0.25) is 0 Å². The van der Waals surface area contributed by atoms with Crippen LogP contribution in [0.15, 0.2) is 6.07 Å². The molecule has 24 heavy (non-hydrogen) atoms. The van der Waals surface area contributed by atoms with Gasteiger partial charge in [0.05, 0.1) is 6.54 Å². The Labute approximate surface area is 142 Å². The molecule has 130 valence electrons. The summed E-state index contributed by atoms with van der Waals surface area (Å²) in [6.07, 6.45) is 3.58. The van der Waals surface area contributed by atoms with E-state index in [0.29, 0.717) is 12.0 Å². The summed E-state index contributed by atoms with van der Waals surface area (Å²) in [7, 11) is 1.90. The number of nitrogens with one attached hydrogen (secondary N) is 1. The number of hydrogen-bond donors (Lipinski definition) is 1. The first-order valence-corrected chi connectivity index (χ1v) is 8.58. The van der Waals surface area contributed by atoms with Crippen LogP contribution >= 0.6 is 0 Å². The first-order valence-electron chi connectivity index (χ1n) is 8.58. The molecule has 0 unspecified atom stereocenters. The van der Waals surface area contributed by atoms with Crippen LogP contribution < -0.4 is 5.32 Å². The molecule has 1 aromatic rings. The summed E-state index contributed by atoms with van der Waals surface area (Å²) in [4.78, 5) is 39.0. The van der Waals surface area contributed by atoms with Crippen molar-refractivity contribution in [2.45, 2.75) is 52.0 Å². The van der Waals surface area contributed by atoms with Crippen LogP contribution in [0.1, 0.15) is 54.4 Å². The number of hydrogen-bond acceptors (Lipinski definition) is 3. The standard InChI is InChI=1S/C18H25N3O3/c1-11-7-5-6-8-18(11)16(23)21(17(24)19-18)10-15(22)14-9-12(2)20(4)13(14)3/h9,11H,5-8,10H2,1-4H3,(H,19,24)/t11-,18+/m1/s1. The maximum Gasteiger partial charge on any atom is 0.325 e. The number of Topliss-reactive ketones (excluding diaryl/α,β-unsaturated/α-hetero) is 1. The number of carbonyl (C=O) groups is 3. The first-order chi connectivity index (χ1) is 11.3. The summed E-state index contributed by atoms with van der Waals surface area (Å²) in [5, 5.41) is 2.89. The van der Waals surface area contributed by atoms with Crippen molar-refractivity contribution in [2.24, 2.45) is 13.0 Å². The van der Waals surface area contributed by atoms with Gasteiger partial charge in [-0.1, -0.05) is 19.8 Å². The van der Waals surface area contributed by atoms with Gasteiger partial charge >= 0.3 is 6.03 Å². The van der Waals surface area contributed by atoms with Crippen molar-refractivity contribution in [1.29, 1.82) is 0 Å². The third kappa shape index (κ3) is 2.36. The second-order valence-electron chi connectivity index (χ2n) is 7.21. The number of carbonyl (C=O) groups excluding carboxylic acids is 3. The molecule has 6 heteroatoms. The predicted octanol–water partition coefficient (Wildman–Crippen LogP) is 2.33. The SMILES string of the molecule is Cc1cc(C(=O)CN2C(=O)N[C@]3(CCCC[C@H]3C)C2=O)c(C)n1C. The first kappa shape index (κ1) is 16.7. The van der Waals surface area contributed by atoms with Crippen LogP contribution in [0.25, 0.3) is 0 Å². The minimum absolute atomic E-state index is 0.100. The normalized spacial score (nSPS) is 27.0. The van der Waals surface area contributed by atoms with Crippen LogP contribution in [-0.2, 0) is 11.8 Å². The Kier molecular flexibility index (Phi) is 4.01. The average molecular weight is 331 g/mol. The quantitative estimate of drug-likeness (QED) is 0.682. The Balaban J connectivity index is 1.82. The lowest BCUT2D eigenvalue weighted by Gasteiger charge is -2.36. The van der Waals surface area contributed by atoms with Gasteiger partial charge in [0.15, 0.2) is 5.78 Å². The molecule has 2 atom stereocenters. The topological polar surface area (TPSA) is 71.4 Å². The van der Waals surface area contributed by atoms with E-state index < -0.39 is 11.6 Å². The molecule has 0 radical (unpaired) electrons. The fourth-order valence-electron chi connectivity index (χ4n) is 4.01. The van der Waals surface area contributed by atoms with Crippen molar-refractivity contribution in [1.82, 2.24) is 14.8 Å². The summed E-state index contributed by atoms with van der Waals surface area (Å²) >= 11 is 0. The number of amides is 3. The molecule has 0 bridgehead atoms. The van der Waals surface area contributed by atoms with Crippen LogP contribution in [0.5, 0.6) is 0 Å². The van der Waals surface area contributed by atoms with Crippen molar-refractivity contribution in [3.05, 3.63) is 23.0 Å². The molecule has 1 saturated carbocycles. The minimum Gasteiger partial charge on any atom is -0.351 e. The Morgan fingerprint density at radius 1 is 1.33 bits per heavy atom. The zero-order valence-corrected chi connectivity index (χ0v) is 14.8. The predicted molar refractivity (Wildman–Crippen MR) is 89.8 cm³/mol. The molecule has 1 saturated heterocycles. The number of rotatable bonds is 3. The third-order valence-corrected chi connectivity index (χ3v) is 5.88. The summed E-state index contributed by atoms with van der Waals surface area (Å²) < 4.78 is 1.93. The van der Waals surface area contributed by atoms with Crippen molar-refractivity contribution >= 4 is 17.7 Å². The Bertz CT molecular complexity index is 721. The van der Waals surface area contributed by atoms with Gasteiger partial charge in [-0.2, -0.15) is 0 Å². The van der Waals surface area contributed by atoms with E-state index in [1.165, 1.54) is 0 Å². The van der Waals surface area contributed by atoms with E-state index in [-0.39, 0.29) is 24.2 Å². The molecule has 2 fully saturated rings. The van der Waals surface area contributed by atoms with Gasteiger partial charge in [-0.25, -0.2) is 4.79 Å². The molecular formula is C18H25N3O3. The van der Waals surface area contributed by atoms with E-state index >= 15 is 0 Å². The van der Waals surface area contributed by atoms with Crippen molar-refractivity contribution in [3.63, 3.8) is 0 Å². The summed E-state index contributed by atoms with van der Waals surface area (Å²) in [6, 6.07) is 1.38. The van der Waals surface area contributed by atoms with Gasteiger partial charge in [-0.05, 0) is 38.7 Å². The second-order valence-corrected chi connectivity index (χ2v) is 7.21. The summed E-state index contributed by atoms with van der Waals surface area (Å²) in [5.41, 5.74) is 1.60. The van der Waals surface area contributed by atoms with E-state index in [9.17, 15) is 14.4 Å². The molecule has 1 aliphatic carbocycles. The molecule has 6 nitrogen and oxygen atoms in total. The Morgan fingerprint density at radius 3 is 2.62 bits per heavy atom. The van der Waals surface area contributed by atoms with Crippen LogP contribution in [0.3, 0.4) is 0 Å². The third-order valence-electron chi connectivity index (χ3n) is 5.88. The summed E-state index contributed by atoms with van der Waals surface area (Å²) in [6.45, 7) is 5.61. The highest BCUT2D eigenvalue weighted by atomic mass is 16.2. The largest absolute Gasteiger partial charge is 0.351 e. The van der Waals surface area contributed by atoms with E-state index in [1.54, 1.807) is 0 Å². The van der Waals surface area contributed by atoms with Gasteiger partial charge in [0, 0.05) is 24.0 Å².